The van der Waals surface area contributed by atoms with Gasteiger partial charge in [0.25, 0.3) is 5.91 Å². The lowest BCUT2D eigenvalue weighted by Gasteiger charge is -2.34. The van der Waals surface area contributed by atoms with Crippen molar-refractivity contribution in [3.63, 3.8) is 0 Å². The van der Waals surface area contributed by atoms with Gasteiger partial charge in [-0.15, -0.1) is 0 Å². The first-order valence-corrected chi connectivity index (χ1v) is 11.0. The summed E-state index contributed by atoms with van der Waals surface area (Å²) in [5.41, 5.74) is 4.58. The molecule has 5 heteroatoms. The Balaban J connectivity index is 1.28. The Bertz CT molecular complexity index is 1010. The van der Waals surface area contributed by atoms with Gasteiger partial charge < -0.3 is 4.90 Å². The van der Waals surface area contributed by atoms with E-state index in [0.29, 0.717) is 6.04 Å². The lowest BCUT2D eigenvalue weighted by molar-refractivity contribution is 0.0757. The van der Waals surface area contributed by atoms with Gasteiger partial charge in [0.2, 0.25) is 0 Å². The zero-order chi connectivity index (χ0) is 20.3. The van der Waals surface area contributed by atoms with Crippen LogP contribution >= 0.6 is 0 Å². The fraction of sp³-hybridized carbons (Fsp3) is 0.360. The molecule has 3 aromatic rings. The van der Waals surface area contributed by atoms with Crippen LogP contribution in [-0.4, -0.2) is 57.7 Å². The fourth-order valence-electron chi connectivity index (χ4n) is 4.93. The third-order valence-electron chi connectivity index (χ3n) is 6.54. The van der Waals surface area contributed by atoms with Gasteiger partial charge in [-0.1, -0.05) is 36.4 Å². The highest BCUT2D eigenvalue weighted by Gasteiger charge is 2.28. The van der Waals surface area contributed by atoms with Crippen LogP contribution in [0.25, 0.3) is 5.69 Å². The Morgan fingerprint density at radius 3 is 2.60 bits per heavy atom. The van der Waals surface area contributed by atoms with E-state index in [2.05, 4.69) is 34.3 Å². The monoisotopic (exact) mass is 400 g/mol. The maximum absolute atomic E-state index is 13.4. The van der Waals surface area contributed by atoms with Crippen LogP contribution in [0.5, 0.6) is 0 Å². The zero-order valence-corrected chi connectivity index (χ0v) is 17.3. The van der Waals surface area contributed by atoms with Gasteiger partial charge in [0, 0.05) is 44.6 Å². The molecule has 0 bridgehead atoms. The van der Waals surface area contributed by atoms with Crippen molar-refractivity contribution in [1.82, 2.24) is 19.6 Å². The second-order valence-electron chi connectivity index (χ2n) is 8.31. The van der Waals surface area contributed by atoms with Crippen molar-refractivity contribution in [3.05, 3.63) is 83.7 Å². The van der Waals surface area contributed by atoms with Gasteiger partial charge in [-0.2, -0.15) is 5.10 Å². The number of rotatable bonds is 3. The van der Waals surface area contributed by atoms with E-state index in [-0.39, 0.29) is 5.91 Å². The fourth-order valence-corrected chi connectivity index (χ4v) is 4.93. The minimum Gasteiger partial charge on any atom is -0.337 e. The van der Waals surface area contributed by atoms with Crippen molar-refractivity contribution in [2.45, 2.75) is 31.7 Å². The number of amides is 1. The topological polar surface area (TPSA) is 41.4 Å². The van der Waals surface area contributed by atoms with E-state index in [4.69, 9.17) is 0 Å². The largest absolute Gasteiger partial charge is 0.337 e. The minimum absolute atomic E-state index is 0.108. The van der Waals surface area contributed by atoms with Crippen molar-refractivity contribution in [2.24, 2.45) is 0 Å². The molecule has 2 aromatic carbocycles. The maximum Gasteiger partial charge on any atom is 0.256 e. The third kappa shape index (κ3) is 3.77. The summed E-state index contributed by atoms with van der Waals surface area (Å²) in [4.78, 5) is 18.0. The van der Waals surface area contributed by atoms with Crippen LogP contribution in [0.4, 0.5) is 0 Å². The lowest BCUT2D eigenvalue weighted by Crippen LogP contribution is -2.42. The van der Waals surface area contributed by atoms with Crippen molar-refractivity contribution in [1.29, 1.82) is 0 Å². The van der Waals surface area contributed by atoms with E-state index in [1.165, 1.54) is 17.5 Å². The van der Waals surface area contributed by atoms with Crippen molar-refractivity contribution in [3.8, 4) is 5.69 Å². The Morgan fingerprint density at radius 2 is 1.73 bits per heavy atom. The molecular formula is C25H28N4O. The summed E-state index contributed by atoms with van der Waals surface area (Å²) in [5.74, 6) is 0.108. The first-order valence-electron chi connectivity index (χ1n) is 11.0. The molecule has 0 N–H and O–H groups in total. The van der Waals surface area contributed by atoms with Crippen LogP contribution in [0.1, 0.15) is 34.3 Å². The number of para-hydroxylation sites is 1. The number of nitrogens with zero attached hydrogens (tertiary/aromatic N) is 4. The van der Waals surface area contributed by atoms with Gasteiger partial charge in [0.1, 0.15) is 0 Å². The highest BCUT2D eigenvalue weighted by molar-refractivity contribution is 5.97. The molecule has 2 aliphatic rings. The number of benzene rings is 2. The van der Waals surface area contributed by atoms with E-state index in [1.54, 1.807) is 10.9 Å². The molecule has 2 heterocycles. The number of hydrogen-bond acceptors (Lipinski definition) is 3. The van der Waals surface area contributed by atoms with Crippen molar-refractivity contribution < 1.29 is 4.79 Å². The molecule has 1 fully saturated rings. The van der Waals surface area contributed by atoms with Gasteiger partial charge in [-0.3, -0.25) is 9.69 Å². The number of carbonyl (C=O) groups is 1. The van der Waals surface area contributed by atoms with Gasteiger partial charge in [-0.05, 0) is 55.0 Å². The summed E-state index contributed by atoms with van der Waals surface area (Å²) >= 11 is 0. The first-order chi connectivity index (χ1) is 14.8. The van der Waals surface area contributed by atoms with Crippen LogP contribution in [0.2, 0.25) is 0 Å². The molecule has 1 saturated heterocycles. The smallest absolute Gasteiger partial charge is 0.256 e. The Kier molecular flexibility index (Phi) is 5.37. The molecule has 30 heavy (non-hydrogen) atoms. The minimum atomic E-state index is 0.108. The van der Waals surface area contributed by atoms with E-state index >= 15 is 0 Å². The summed E-state index contributed by atoms with van der Waals surface area (Å²) in [5, 5.41) is 4.32. The molecule has 154 valence electrons. The first kappa shape index (κ1) is 19.1. The third-order valence-corrected chi connectivity index (χ3v) is 6.54. The summed E-state index contributed by atoms with van der Waals surface area (Å²) in [6.07, 6.45) is 8.16. The molecule has 1 aromatic heterocycles. The number of fused-ring (bicyclic) bond motifs is 1. The van der Waals surface area contributed by atoms with Crippen molar-refractivity contribution in [2.75, 3.05) is 26.2 Å². The van der Waals surface area contributed by atoms with Crippen LogP contribution < -0.4 is 0 Å². The maximum atomic E-state index is 13.4. The molecule has 1 aliphatic carbocycles. The van der Waals surface area contributed by atoms with E-state index in [1.807, 2.05) is 41.4 Å². The average molecular weight is 401 g/mol. The standard InChI is InChI=1S/C25H28N4O/c30-25(23-9-3-4-10-24(23)29-16-5-13-26-29)28-15-6-14-27(17-18-28)22-12-11-20-7-1-2-8-21(20)19-22/h1-5,7-10,13,16,22H,6,11-12,14-15,17-19H2. The van der Waals surface area contributed by atoms with Gasteiger partial charge in [0.05, 0.1) is 11.3 Å². The molecule has 5 nitrogen and oxygen atoms in total. The molecule has 1 atom stereocenters. The molecular weight excluding hydrogens is 372 g/mol. The molecule has 1 aliphatic heterocycles. The second-order valence-corrected chi connectivity index (χ2v) is 8.31. The van der Waals surface area contributed by atoms with Gasteiger partial charge in [0.15, 0.2) is 0 Å². The molecule has 5 rings (SSSR count). The van der Waals surface area contributed by atoms with Gasteiger partial charge >= 0.3 is 0 Å². The summed E-state index contributed by atoms with van der Waals surface area (Å²) < 4.78 is 1.77. The lowest BCUT2D eigenvalue weighted by atomic mass is 9.87. The van der Waals surface area contributed by atoms with Crippen molar-refractivity contribution >= 4 is 5.91 Å². The normalized spacial score (nSPS) is 19.9. The summed E-state index contributed by atoms with van der Waals surface area (Å²) in [6.45, 7) is 3.61. The Morgan fingerprint density at radius 1 is 0.900 bits per heavy atom. The van der Waals surface area contributed by atoms with E-state index in [0.717, 1.165) is 56.7 Å². The molecule has 0 radical (unpaired) electrons. The quantitative estimate of drug-likeness (QED) is 0.675. The molecule has 1 unspecified atom stereocenters. The highest BCUT2D eigenvalue weighted by Crippen LogP contribution is 2.25. The van der Waals surface area contributed by atoms with Crippen LogP contribution in [0.15, 0.2) is 67.0 Å². The zero-order valence-electron chi connectivity index (χ0n) is 17.3. The average Bonchev–Trinajstić information content (AvgIpc) is 3.23. The van der Waals surface area contributed by atoms with Crippen LogP contribution in [-0.2, 0) is 12.8 Å². The SMILES string of the molecule is O=C(c1ccccc1-n1cccn1)N1CCCN(C2CCc3ccccc3C2)CC1. The Hall–Kier alpha value is -2.92. The summed E-state index contributed by atoms with van der Waals surface area (Å²) in [7, 11) is 0. The van der Waals surface area contributed by atoms with E-state index in [9.17, 15) is 4.79 Å². The predicted octanol–water partition coefficient (Wildman–Crippen LogP) is 3.58. The predicted molar refractivity (Wildman–Crippen MR) is 118 cm³/mol. The number of aryl methyl sites for hydroxylation is 1. The second kappa shape index (κ2) is 8.44. The van der Waals surface area contributed by atoms with Crippen LogP contribution in [0.3, 0.4) is 0 Å². The van der Waals surface area contributed by atoms with Crippen LogP contribution in [0, 0.1) is 0 Å². The number of hydrogen-bond donors (Lipinski definition) is 0. The van der Waals surface area contributed by atoms with Gasteiger partial charge in [-0.25, -0.2) is 4.68 Å². The molecule has 0 saturated carbocycles. The van der Waals surface area contributed by atoms with E-state index < -0.39 is 0 Å². The number of aromatic nitrogens is 2. The Labute approximate surface area is 177 Å². The molecule has 1 amide bonds. The highest BCUT2D eigenvalue weighted by atomic mass is 16.2. The summed E-state index contributed by atoms with van der Waals surface area (Å²) in [6, 6.07) is 19.1. The number of carbonyl (C=O) groups excluding carboxylic acids is 1. The molecule has 0 spiro atoms.